The molecular weight excluding hydrogens is 619 g/mol. The van der Waals surface area contributed by atoms with Crippen molar-refractivity contribution in [1.29, 1.82) is 0 Å². The fourth-order valence-electron chi connectivity index (χ4n) is 7.13. The van der Waals surface area contributed by atoms with Crippen molar-refractivity contribution in [1.82, 2.24) is 9.80 Å². The van der Waals surface area contributed by atoms with Gasteiger partial charge in [0.15, 0.2) is 0 Å². The standard InChI is InChI=1S/C18H33P.C10H16N2.C3H6O.2ClH.Ru/c1-4-10-16(11-5-1)19(17-12-6-2-7-13-17)18-14-8-3-9-15-18;1-3-6-11-8-5-9-12(10-11)7-4-2;1-3-4-2;;;/h16-18H,1-15H2;3-4,6-7H,5,8-9H2,1-2H3;2H,3H2,1H3;2*1H;/q;;;;;+2/p-1. The Kier molecular flexibility index (Phi) is 15.6. The molecule has 1 aliphatic heterocycles. The molecule has 4 rings (SSSR count). The van der Waals surface area contributed by atoms with Gasteiger partial charge in [0.25, 0.3) is 0 Å². The van der Waals surface area contributed by atoms with Crippen LogP contribution in [0, 0.1) is 0 Å². The van der Waals surface area contributed by atoms with Crippen molar-refractivity contribution in [2.75, 3.05) is 19.7 Å². The molecule has 222 valence electrons. The molecule has 3 nitrogen and oxygen atoms in total. The summed E-state index contributed by atoms with van der Waals surface area (Å²) in [6, 6.07) is 0. The molecule has 0 atom stereocenters. The number of hydrogen-bond donors (Lipinski definition) is 0. The van der Waals surface area contributed by atoms with E-state index < -0.39 is 11.9 Å². The third-order valence-electron chi connectivity index (χ3n) is 8.69. The van der Waals surface area contributed by atoms with Crippen LogP contribution in [0.4, 0.5) is 0 Å². The average Bonchev–Trinajstić information content (AvgIpc) is 2.95. The molecule has 0 aromatic heterocycles. The van der Waals surface area contributed by atoms with E-state index in [1.54, 1.807) is 101 Å². The van der Waals surface area contributed by atoms with Gasteiger partial charge < -0.3 is 0 Å². The van der Waals surface area contributed by atoms with E-state index in [2.05, 4.69) is 9.80 Å². The first-order chi connectivity index (χ1) is 18.5. The van der Waals surface area contributed by atoms with Crippen molar-refractivity contribution in [3.63, 3.8) is 0 Å². The maximum absolute atomic E-state index is 6.62. The third kappa shape index (κ3) is 10.0. The minimum absolute atomic E-state index is 0.0465. The van der Waals surface area contributed by atoms with Gasteiger partial charge in [-0.2, -0.15) is 0 Å². The molecule has 4 aliphatic rings. The van der Waals surface area contributed by atoms with Crippen molar-refractivity contribution in [2.45, 2.75) is 140 Å². The summed E-state index contributed by atoms with van der Waals surface area (Å²) in [6.45, 7) is 8.38. The first kappa shape index (κ1) is 32.9. The molecule has 7 heteroatoms. The zero-order valence-electron chi connectivity index (χ0n) is 24.5. The second-order valence-corrected chi connectivity index (χ2v) is 24.0. The monoisotopic (exact) mass is 675 g/mol. The Morgan fingerprint density at radius 1 is 0.711 bits per heavy atom. The summed E-state index contributed by atoms with van der Waals surface area (Å²) in [6.07, 6.45) is 32.9. The van der Waals surface area contributed by atoms with E-state index in [0.717, 1.165) is 23.9 Å². The van der Waals surface area contributed by atoms with E-state index in [4.69, 9.17) is 24.1 Å². The van der Waals surface area contributed by atoms with Gasteiger partial charge >= 0.3 is 126 Å². The van der Waals surface area contributed by atoms with Gasteiger partial charge in [0.05, 0.1) is 17.0 Å². The van der Waals surface area contributed by atoms with Crippen LogP contribution in [0.3, 0.4) is 0 Å². The Morgan fingerprint density at radius 2 is 1.11 bits per heavy atom. The molecular formula is C31H56Cl2N2OPRu+. The summed E-state index contributed by atoms with van der Waals surface area (Å²) >= 11 is -3.12. The van der Waals surface area contributed by atoms with E-state index in [1.165, 1.54) is 17.0 Å². The first-order valence-electron chi connectivity index (χ1n) is 15.6. The van der Waals surface area contributed by atoms with Crippen molar-refractivity contribution < 1.29 is 16.6 Å². The topological polar surface area (TPSA) is 15.7 Å². The quantitative estimate of drug-likeness (QED) is 0.198. The van der Waals surface area contributed by atoms with Crippen LogP contribution in [-0.4, -0.2) is 55.6 Å². The van der Waals surface area contributed by atoms with E-state index in [0.29, 0.717) is 6.61 Å². The van der Waals surface area contributed by atoms with E-state index in [9.17, 15) is 0 Å². The van der Waals surface area contributed by atoms with Gasteiger partial charge in [-0.25, -0.2) is 0 Å². The molecule has 0 aromatic carbocycles. The van der Waals surface area contributed by atoms with Crippen LogP contribution in [0.5, 0.6) is 0 Å². The van der Waals surface area contributed by atoms with Crippen LogP contribution in [0.25, 0.3) is 0 Å². The van der Waals surface area contributed by atoms with Crippen molar-refractivity contribution in [3.05, 3.63) is 24.6 Å². The number of nitrogens with zero attached hydrogens (tertiary/aromatic N) is 2. The molecule has 0 aromatic rings. The van der Waals surface area contributed by atoms with Gasteiger partial charge in [-0.05, 0) is 77.0 Å². The number of rotatable bonds is 7. The summed E-state index contributed by atoms with van der Waals surface area (Å²) in [5.74, 6) is 0. The molecule has 0 unspecified atom stereocenters. The second-order valence-electron chi connectivity index (χ2n) is 11.4. The van der Waals surface area contributed by atoms with Crippen LogP contribution in [0.1, 0.15) is 124 Å². The maximum atomic E-state index is 6.62. The summed E-state index contributed by atoms with van der Waals surface area (Å²) in [5.41, 5.74) is 3.68. The van der Waals surface area contributed by atoms with Gasteiger partial charge in [0.1, 0.15) is 0 Å². The summed E-state index contributed by atoms with van der Waals surface area (Å²) in [4.78, 5) is 5.95. The normalized spacial score (nSPS) is 23.8. The number of hydrogen-bond acceptors (Lipinski definition) is 3. The molecule has 0 radical (unpaired) electrons. The molecule has 1 saturated heterocycles. The summed E-state index contributed by atoms with van der Waals surface area (Å²) < 4.78 is 6.35. The van der Waals surface area contributed by atoms with Gasteiger partial charge in [0, 0.05) is 7.92 Å². The molecule has 0 bridgehead atoms. The second kappa shape index (κ2) is 18.1. The summed E-state index contributed by atoms with van der Waals surface area (Å²) in [7, 11) is 13.2. The van der Waals surface area contributed by atoms with Gasteiger partial charge in [-0.15, -0.1) is 0 Å². The number of ether oxygens (including phenoxy) is 1. The third-order valence-corrected chi connectivity index (χ3v) is 18.2. The van der Waals surface area contributed by atoms with E-state index >= 15 is 0 Å². The van der Waals surface area contributed by atoms with E-state index in [-0.39, 0.29) is 7.92 Å². The van der Waals surface area contributed by atoms with Crippen LogP contribution >= 0.6 is 27.3 Å². The molecule has 0 spiro atoms. The average molecular weight is 676 g/mol. The van der Waals surface area contributed by atoms with Crippen LogP contribution in [-0.2, 0) is 16.6 Å². The van der Waals surface area contributed by atoms with Crippen molar-refractivity contribution in [2.24, 2.45) is 0 Å². The molecule has 38 heavy (non-hydrogen) atoms. The van der Waals surface area contributed by atoms with Crippen molar-refractivity contribution in [3.8, 4) is 0 Å². The van der Waals surface area contributed by atoms with Gasteiger partial charge in [-0.3, -0.25) is 0 Å². The van der Waals surface area contributed by atoms with Crippen LogP contribution in [0.15, 0.2) is 24.6 Å². The van der Waals surface area contributed by atoms with Gasteiger partial charge in [-0.1, -0.05) is 19.3 Å². The Morgan fingerprint density at radius 3 is 1.45 bits per heavy atom. The molecule has 0 amide bonds. The minimum atomic E-state index is -3.12. The zero-order valence-corrected chi connectivity index (χ0v) is 28.7. The van der Waals surface area contributed by atoms with Gasteiger partial charge in [0.2, 0.25) is 0 Å². The fraction of sp³-hybridized carbons (Fsp3) is 0.806. The predicted octanol–water partition coefficient (Wildman–Crippen LogP) is 9.61. The predicted molar refractivity (Wildman–Crippen MR) is 171 cm³/mol. The Hall–Kier alpha value is 0.413. The van der Waals surface area contributed by atoms with E-state index in [1.807, 2.05) is 45.3 Å². The SMILES string of the molecule is C1CCC([PH+](C2CCCCC2)C2CCCCC2)CC1.CC=CN1CCCN(C=CC)[C]1=[Ru]([Cl])([Cl])=[CH]OCC. The molecule has 3 aliphatic carbocycles. The molecule has 4 fully saturated rings. The zero-order chi connectivity index (χ0) is 27.2. The first-order valence-corrected chi connectivity index (χ1v) is 23.7. The fourth-order valence-corrected chi connectivity index (χ4v) is 17.5. The van der Waals surface area contributed by atoms with Crippen LogP contribution < -0.4 is 0 Å². The molecule has 3 saturated carbocycles. The Bertz CT molecular complexity index is 779. The Labute approximate surface area is 246 Å². The van der Waals surface area contributed by atoms with Crippen LogP contribution in [0.2, 0.25) is 0 Å². The molecule has 1 heterocycles. The number of halogens is 2. The summed E-state index contributed by atoms with van der Waals surface area (Å²) in [5, 5.41) is 0. The number of allylic oxidation sites excluding steroid dienone is 2. The molecule has 0 N–H and O–H groups in total. The van der Waals surface area contributed by atoms with Crippen molar-refractivity contribution >= 4 is 36.5 Å². The Balaban J connectivity index is 0.000000211.